The molecule has 0 bridgehead atoms. The van der Waals surface area contributed by atoms with Crippen molar-refractivity contribution in [3.63, 3.8) is 0 Å². The number of ether oxygens (including phenoxy) is 2. The second-order valence-electron chi connectivity index (χ2n) is 8.29. The van der Waals surface area contributed by atoms with Gasteiger partial charge in [-0.3, -0.25) is 24.7 Å². The van der Waals surface area contributed by atoms with E-state index in [-0.39, 0.29) is 26.8 Å². The van der Waals surface area contributed by atoms with E-state index in [9.17, 15) is 19.5 Å². The zero-order valence-corrected chi connectivity index (χ0v) is 23.1. The zero-order chi connectivity index (χ0) is 29.0. The van der Waals surface area contributed by atoms with Crippen LogP contribution < -0.4 is 30.4 Å². The predicted molar refractivity (Wildman–Crippen MR) is 153 cm³/mol. The number of carbonyl (C=O) groups is 2. The zero-order valence-electron chi connectivity index (χ0n) is 21.5. The number of benzene rings is 1. The monoisotopic (exact) mass is 576 g/mol. The van der Waals surface area contributed by atoms with Crippen molar-refractivity contribution in [3.8, 4) is 23.1 Å². The molecule has 3 aromatic rings. The summed E-state index contributed by atoms with van der Waals surface area (Å²) >= 11 is 10.4. The summed E-state index contributed by atoms with van der Waals surface area (Å²) in [5.74, 6) is -0.842. The largest absolute Gasteiger partial charge is 0.859 e. The number of rotatable bonds is 7. The molecule has 40 heavy (non-hydrogen) atoms. The summed E-state index contributed by atoms with van der Waals surface area (Å²) in [6.45, 7) is 1.67. The van der Waals surface area contributed by atoms with Gasteiger partial charge in [-0.15, -0.1) is 0 Å². The number of nitrogens with zero attached hydrogens (tertiary/aromatic N) is 3. The molecule has 0 atom stereocenters. The summed E-state index contributed by atoms with van der Waals surface area (Å²) in [5.41, 5.74) is -0.0644. The molecule has 11 nitrogen and oxygen atoms in total. The highest BCUT2D eigenvalue weighted by molar-refractivity contribution is 7.80. The van der Waals surface area contributed by atoms with Gasteiger partial charge in [-0.05, 0) is 67.6 Å². The van der Waals surface area contributed by atoms with Gasteiger partial charge in [0.25, 0.3) is 17.4 Å². The number of hydrogen-bond donors (Lipinski definition) is 2. The SMILES string of the molecule is COc1cccc(-n2c([O-])c(/C=C/C(C)=C/C=C3\C(=O)NC(=S)N(c4cc(OC)ccn4)C3=O)c(=O)[nH]c2=S)c1. The van der Waals surface area contributed by atoms with Crippen molar-refractivity contribution in [3.05, 3.63) is 92.7 Å². The number of nitrogens with one attached hydrogen (secondary N) is 2. The van der Waals surface area contributed by atoms with E-state index in [4.69, 9.17) is 33.9 Å². The normalized spacial score (nSPS) is 15.1. The maximum atomic E-state index is 13.2. The van der Waals surface area contributed by atoms with Crippen LogP contribution in [0.2, 0.25) is 0 Å². The Morgan fingerprint density at radius 3 is 2.52 bits per heavy atom. The molecule has 4 rings (SSSR count). The summed E-state index contributed by atoms with van der Waals surface area (Å²) < 4.78 is 11.5. The first kappa shape index (κ1) is 28.1. The first-order chi connectivity index (χ1) is 19.1. The lowest BCUT2D eigenvalue weighted by atomic mass is 10.1. The van der Waals surface area contributed by atoms with Gasteiger partial charge in [0.05, 0.1) is 19.9 Å². The van der Waals surface area contributed by atoms with Crippen LogP contribution in [0.3, 0.4) is 0 Å². The average molecular weight is 577 g/mol. The highest BCUT2D eigenvalue weighted by Gasteiger charge is 2.35. The molecule has 2 aromatic heterocycles. The van der Waals surface area contributed by atoms with E-state index in [1.165, 1.54) is 55.4 Å². The summed E-state index contributed by atoms with van der Waals surface area (Å²) in [6.07, 6.45) is 7.09. The standard InChI is InChI=1S/C27H23N5O6S2/c1-15(7-9-19-22(33)29-26(39)31(24(19)35)16-5-4-6-17(13-16)37-2)8-10-20-23(34)30-27(40)32(25(20)36)21-14-18(38-3)11-12-28-21/h4-14,35H,1-3H3,(H,29,33,39)(H,30,34,40)/p-1/b9-7+,15-8+,20-10+. The number of allylic oxidation sites excluding steroid dienone is 4. The number of anilines is 1. The number of amides is 2. The van der Waals surface area contributed by atoms with E-state index in [1.54, 1.807) is 37.3 Å². The molecule has 1 fully saturated rings. The van der Waals surface area contributed by atoms with E-state index in [1.807, 2.05) is 0 Å². The van der Waals surface area contributed by atoms with Gasteiger partial charge in [-0.25, -0.2) is 9.88 Å². The van der Waals surface area contributed by atoms with Crippen LogP contribution in [-0.2, 0) is 9.59 Å². The van der Waals surface area contributed by atoms with E-state index in [0.29, 0.717) is 22.8 Å². The Hall–Kier alpha value is -4.88. The lowest BCUT2D eigenvalue weighted by molar-refractivity contribution is -0.278. The summed E-state index contributed by atoms with van der Waals surface area (Å²) in [5, 5.41) is 15.5. The van der Waals surface area contributed by atoms with Crippen molar-refractivity contribution in [1.82, 2.24) is 19.9 Å². The minimum Gasteiger partial charge on any atom is -0.859 e. The molecule has 0 saturated carbocycles. The Morgan fingerprint density at radius 2 is 1.80 bits per heavy atom. The number of hydrogen-bond acceptors (Lipinski definition) is 9. The molecule has 0 aliphatic carbocycles. The summed E-state index contributed by atoms with van der Waals surface area (Å²) in [7, 11) is 2.96. The lowest BCUT2D eigenvalue weighted by Crippen LogP contribution is -2.54. The van der Waals surface area contributed by atoms with Gasteiger partial charge in [0.15, 0.2) is 9.88 Å². The number of aromatic nitrogens is 3. The molecule has 204 valence electrons. The lowest BCUT2D eigenvalue weighted by Gasteiger charge is -2.27. The van der Waals surface area contributed by atoms with Crippen LogP contribution in [0.1, 0.15) is 12.5 Å². The number of methoxy groups -OCH3 is 2. The molecule has 1 aliphatic heterocycles. The van der Waals surface area contributed by atoms with Crippen molar-refractivity contribution in [1.29, 1.82) is 0 Å². The molecular weight excluding hydrogens is 554 g/mol. The fraction of sp³-hybridized carbons (Fsp3) is 0.111. The molecule has 0 unspecified atom stereocenters. The van der Waals surface area contributed by atoms with Crippen LogP contribution in [0, 0.1) is 4.77 Å². The number of thiocarbonyl (C=S) groups is 1. The minimum atomic E-state index is -0.680. The molecule has 0 radical (unpaired) electrons. The quantitative estimate of drug-likeness (QED) is 0.188. The molecule has 13 heteroatoms. The molecule has 2 amide bonds. The fourth-order valence-electron chi connectivity index (χ4n) is 3.68. The maximum absolute atomic E-state index is 13.2. The van der Waals surface area contributed by atoms with E-state index in [0.717, 1.165) is 4.90 Å². The third-order valence-corrected chi connectivity index (χ3v) is 6.29. The van der Waals surface area contributed by atoms with Crippen molar-refractivity contribution in [2.45, 2.75) is 6.92 Å². The van der Waals surface area contributed by atoms with Crippen LogP contribution in [0.15, 0.2) is 76.8 Å². The predicted octanol–water partition coefficient (Wildman–Crippen LogP) is 2.71. The molecule has 2 N–H and O–H groups in total. The Labute approximate surface area is 238 Å². The Morgan fingerprint density at radius 1 is 1.07 bits per heavy atom. The Kier molecular flexibility index (Phi) is 8.36. The highest BCUT2D eigenvalue weighted by atomic mass is 32.1. The Bertz CT molecular complexity index is 1740. The van der Waals surface area contributed by atoms with Crippen molar-refractivity contribution in [2.24, 2.45) is 0 Å². The van der Waals surface area contributed by atoms with Gasteiger partial charge in [0, 0.05) is 23.9 Å². The second-order valence-corrected chi connectivity index (χ2v) is 9.07. The Balaban J connectivity index is 1.65. The van der Waals surface area contributed by atoms with Crippen LogP contribution >= 0.6 is 24.4 Å². The van der Waals surface area contributed by atoms with Crippen molar-refractivity contribution < 1.29 is 24.2 Å². The number of aromatic amines is 1. The summed E-state index contributed by atoms with van der Waals surface area (Å²) in [6, 6.07) is 9.79. The van der Waals surface area contributed by atoms with E-state index < -0.39 is 23.3 Å². The number of H-pyrrole nitrogens is 1. The first-order valence-corrected chi connectivity index (χ1v) is 12.4. The fourth-order valence-corrected chi connectivity index (χ4v) is 4.23. The number of pyridine rings is 1. The highest BCUT2D eigenvalue weighted by Crippen LogP contribution is 2.24. The molecule has 0 spiro atoms. The third-order valence-electron chi connectivity index (χ3n) is 5.72. The van der Waals surface area contributed by atoms with Gasteiger partial charge in [-0.2, -0.15) is 0 Å². The van der Waals surface area contributed by atoms with E-state index in [2.05, 4.69) is 15.3 Å². The van der Waals surface area contributed by atoms with Crippen LogP contribution in [0.25, 0.3) is 11.8 Å². The van der Waals surface area contributed by atoms with Gasteiger partial charge in [-0.1, -0.05) is 23.8 Å². The average Bonchev–Trinajstić information content (AvgIpc) is 2.92. The molecule has 1 aromatic carbocycles. The topological polar surface area (TPSA) is 142 Å². The van der Waals surface area contributed by atoms with Gasteiger partial charge >= 0.3 is 0 Å². The summed E-state index contributed by atoms with van der Waals surface area (Å²) in [4.78, 5) is 46.0. The van der Waals surface area contributed by atoms with Crippen LogP contribution in [-0.4, -0.2) is 45.7 Å². The van der Waals surface area contributed by atoms with Crippen LogP contribution in [0.5, 0.6) is 17.4 Å². The minimum absolute atomic E-state index is 0.0628. The smallest absolute Gasteiger partial charge is 0.271 e. The third kappa shape index (κ3) is 5.75. The van der Waals surface area contributed by atoms with Gasteiger partial charge in [0.2, 0.25) is 0 Å². The van der Waals surface area contributed by atoms with Gasteiger partial charge in [0.1, 0.15) is 22.9 Å². The maximum Gasteiger partial charge on any atom is 0.271 e. The molecular formula is C27H22N5O6S2-. The van der Waals surface area contributed by atoms with Crippen LogP contribution in [0.4, 0.5) is 5.82 Å². The number of carbonyl (C=O) groups excluding carboxylic acids is 2. The van der Waals surface area contributed by atoms with E-state index >= 15 is 0 Å². The van der Waals surface area contributed by atoms with Crippen molar-refractivity contribution >= 4 is 53.3 Å². The van der Waals surface area contributed by atoms with Crippen molar-refractivity contribution in [2.75, 3.05) is 19.1 Å². The van der Waals surface area contributed by atoms with Gasteiger partial charge < -0.3 is 19.1 Å². The molecule has 3 heterocycles. The molecule has 1 aliphatic rings. The second kappa shape index (κ2) is 11.9. The first-order valence-electron chi connectivity index (χ1n) is 11.6. The molecule has 1 saturated heterocycles.